The van der Waals surface area contributed by atoms with Crippen LogP contribution in [0.5, 0.6) is 5.75 Å². The number of benzene rings is 2. The van der Waals surface area contributed by atoms with Crippen LogP contribution in [0.1, 0.15) is 43.0 Å². The van der Waals surface area contributed by atoms with Crippen molar-refractivity contribution in [2.75, 3.05) is 31.6 Å². The monoisotopic (exact) mass is 421 g/mol. The molecule has 0 radical (unpaired) electrons. The number of fused-ring (bicyclic) bond motifs is 2. The Bertz CT molecular complexity index is 1110. The van der Waals surface area contributed by atoms with Gasteiger partial charge < -0.3 is 19.8 Å². The number of nitrogens with one attached hydrogen (secondary N) is 2. The first kappa shape index (κ1) is 19.1. The Morgan fingerprint density at radius 3 is 2.90 bits per heavy atom. The lowest BCUT2D eigenvalue weighted by molar-refractivity contribution is -0.0465. The average molecular weight is 422 g/mol. The number of morpholine rings is 1. The van der Waals surface area contributed by atoms with Gasteiger partial charge in [0.2, 0.25) is 0 Å². The van der Waals surface area contributed by atoms with E-state index in [9.17, 15) is 4.39 Å². The van der Waals surface area contributed by atoms with E-state index in [0.29, 0.717) is 18.3 Å². The van der Waals surface area contributed by atoms with Crippen LogP contribution in [0.15, 0.2) is 42.5 Å². The van der Waals surface area contributed by atoms with Crippen molar-refractivity contribution in [1.82, 2.24) is 9.88 Å². The summed E-state index contributed by atoms with van der Waals surface area (Å²) in [5.41, 5.74) is 4.60. The zero-order valence-electron chi connectivity index (χ0n) is 17.7. The number of H-pyrrole nitrogens is 1. The van der Waals surface area contributed by atoms with Gasteiger partial charge in [0, 0.05) is 47.0 Å². The van der Waals surface area contributed by atoms with Gasteiger partial charge in [-0.2, -0.15) is 0 Å². The second-order valence-electron chi connectivity index (χ2n) is 9.12. The van der Waals surface area contributed by atoms with E-state index in [-0.39, 0.29) is 24.0 Å². The van der Waals surface area contributed by atoms with Crippen LogP contribution < -0.4 is 10.1 Å². The number of halogens is 1. The van der Waals surface area contributed by atoms with Gasteiger partial charge in [0.25, 0.3) is 0 Å². The molecule has 6 rings (SSSR count). The number of nitrogens with zero attached hydrogens (tertiary/aromatic N) is 1. The highest BCUT2D eigenvalue weighted by atomic mass is 19.1. The van der Waals surface area contributed by atoms with Crippen molar-refractivity contribution in [2.24, 2.45) is 0 Å². The van der Waals surface area contributed by atoms with Gasteiger partial charge in [0.05, 0.1) is 24.8 Å². The number of rotatable bonds is 4. The average Bonchev–Trinajstić information content (AvgIpc) is 3.52. The third kappa shape index (κ3) is 3.58. The van der Waals surface area contributed by atoms with E-state index < -0.39 is 0 Å². The standard InChI is InChI=1S/C25H28FN3O2/c1-15-13-29(9-10-30-15)23-14-31-24-11-17(26)7-8-18(24)25(23)28-21-4-2-3-20-19(21)12-22(27-20)16-5-6-16/h2-4,7-8,11-12,15-16,23,25,27-28H,5-6,9-10,13-14H2,1H3. The molecule has 1 saturated heterocycles. The SMILES string of the molecule is CC1CN(C2COc3cc(F)ccc3C2Nc2cccc3[nH]c(C4CC4)cc23)CCO1. The number of ether oxygens (including phenoxy) is 2. The first-order valence-electron chi connectivity index (χ1n) is 11.3. The number of aromatic nitrogens is 1. The number of hydrogen-bond donors (Lipinski definition) is 2. The summed E-state index contributed by atoms with van der Waals surface area (Å²) >= 11 is 0. The molecule has 1 aliphatic carbocycles. The summed E-state index contributed by atoms with van der Waals surface area (Å²) in [6.07, 6.45) is 2.73. The van der Waals surface area contributed by atoms with Crippen LogP contribution in [0.4, 0.5) is 10.1 Å². The lowest BCUT2D eigenvalue weighted by Crippen LogP contribution is -2.54. The highest BCUT2D eigenvalue weighted by molar-refractivity contribution is 5.93. The van der Waals surface area contributed by atoms with Crippen molar-refractivity contribution in [2.45, 2.75) is 43.9 Å². The van der Waals surface area contributed by atoms with Crippen molar-refractivity contribution in [1.29, 1.82) is 0 Å². The van der Waals surface area contributed by atoms with E-state index >= 15 is 0 Å². The third-order valence-electron chi connectivity index (χ3n) is 6.86. The maximum absolute atomic E-state index is 13.9. The van der Waals surface area contributed by atoms with Gasteiger partial charge in [-0.05, 0) is 49.9 Å². The fourth-order valence-electron chi connectivity index (χ4n) is 5.09. The predicted molar refractivity (Wildman–Crippen MR) is 119 cm³/mol. The molecule has 3 aliphatic rings. The van der Waals surface area contributed by atoms with E-state index in [1.54, 1.807) is 0 Å². The molecule has 2 N–H and O–H groups in total. The Morgan fingerprint density at radius 2 is 2.06 bits per heavy atom. The van der Waals surface area contributed by atoms with Crippen LogP contribution in [-0.4, -0.2) is 48.3 Å². The summed E-state index contributed by atoms with van der Waals surface area (Å²) in [4.78, 5) is 6.05. The lowest BCUT2D eigenvalue weighted by atomic mass is 9.93. The largest absolute Gasteiger partial charge is 0.491 e. The van der Waals surface area contributed by atoms with Gasteiger partial charge in [0.15, 0.2) is 0 Å². The lowest BCUT2D eigenvalue weighted by Gasteiger charge is -2.44. The molecule has 3 heterocycles. The topological polar surface area (TPSA) is 49.5 Å². The highest BCUT2D eigenvalue weighted by Crippen LogP contribution is 2.43. The molecule has 3 unspecified atom stereocenters. The first-order chi connectivity index (χ1) is 15.2. The zero-order chi connectivity index (χ0) is 20.9. The number of hydrogen-bond acceptors (Lipinski definition) is 4. The van der Waals surface area contributed by atoms with Crippen LogP contribution in [0, 0.1) is 5.82 Å². The quantitative estimate of drug-likeness (QED) is 0.634. The summed E-state index contributed by atoms with van der Waals surface area (Å²) in [7, 11) is 0. The Kier molecular flexibility index (Phi) is 4.65. The van der Waals surface area contributed by atoms with Gasteiger partial charge in [-0.1, -0.05) is 12.1 Å². The van der Waals surface area contributed by atoms with Gasteiger partial charge >= 0.3 is 0 Å². The number of anilines is 1. The smallest absolute Gasteiger partial charge is 0.127 e. The Balaban J connectivity index is 1.39. The highest BCUT2D eigenvalue weighted by Gasteiger charge is 2.37. The summed E-state index contributed by atoms with van der Waals surface area (Å²) in [5.74, 6) is 1.04. The molecule has 1 aromatic heterocycles. The van der Waals surface area contributed by atoms with Crippen molar-refractivity contribution < 1.29 is 13.9 Å². The molecular formula is C25H28FN3O2. The maximum Gasteiger partial charge on any atom is 0.127 e. The second-order valence-corrected chi connectivity index (χ2v) is 9.12. The van der Waals surface area contributed by atoms with Crippen molar-refractivity contribution in [3.8, 4) is 5.75 Å². The van der Waals surface area contributed by atoms with E-state index in [4.69, 9.17) is 9.47 Å². The van der Waals surface area contributed by atoms with E-state index in [1.165, 1.54) is 36.1 Å². The summed E-state index contributed by atoms with van der Waals surface area (Å²) in [6.45, 7) is 5.09. The van der Waals surface area contributed by atoms with Crippen molar-refractivity contribution in [3.05, 3.63) is 59.5 Å². The van der Waals surface area contributed by atoms with Crippen LogP contribution in [0.3, 0.4) is 0 Å². The molecule has 0 spiro atoms. The summed E-state index contributed by atoms with van der Waals surface area (Å²) in [6, 6.07) is 13.7. The van der Waals surface area contributed by atoms with Gasteiger partial charge in [-0.25, -0.2) is 4.39 Å². The molecule has 3 aromatic rings. The van der Waals surface area contributed by atoms with Crippen LogP contribution >= 0.6 is 0 Å². The summed E-state index contributed by atoms with van der Waals surface area (Å²) < 4.78 is 25.7. The molecule has 3 atom stereocenters. The zero-order valence-corrected chi connectivity index (χ0v) is 17.7. The molecule has 31 heavy (non-hydrogen) atoms. The van der Waals surface area contributed by atoms with Crippen molar-refractivity contribution >= 4 is 16.6 Å². The summed E-state index contributed by atoms with van der Waals surface area (Å²) in [5, 5.41) is 5.05. The molecule has 0 amide bonds. The van der Waals surface area contributed by atoms with E-state index in [0.717, 1.165) is 36.5 Å². The van der Waals surface area contributed by atoms with Crippen LogP contribution in [0.25, 0.3) is 10.9 Å². The predicted octanol–water partition coefficient (Wildman–Crippen LogP) is 4.82. The Hall–Kier alpha value is -2.57. The molecule has 2 fully saturated rings. The molecule has 1 saturated carbocycles. The fraction of sp³-hybridized carbons (Fsp3) is 0.440. The van der Waals surface area contributed by atoms with E-state index in [2.05, 4.69) is 46.4 Å². The second kappa shape index (κ2) is 7.53. The van der Waals surface area contributed by atoms with E-state index in [1.807, 2.05) is 6.07 Å². The van der Waals surface area contributed by atoms with Crippen molar-refractivity contribution in [3.63, 3.8) is 0 Å². The first-order valence-corrected chi connectivity index (χ1v) is 11.3. The molecule has 5 nitrogen and oxygen atoms in total. The molecule has 162 valence electrons. The van der Waals surface area contributed by atoms with Gasteiger partial charge in [0.1, 0.15) is 18.2 Å². The minimum absolute atomic E-state index is 0.000440. The normalized spacial score (nSPS) is 26.5. The van der Waals surface area contributed by atoms with Gasteiger partial charge in [-0.15, -0.1) is 0 Å². The molecule has 6 heteroatoms. The molecular weight excluding hydrogens is 393 g/mol. The maximum atomic E-state index is 13.9. The molecule has 2 aromatic carbocycles. The van der Waals surface area contributed by atoms with Crippen LogP contribution in [0.2, 0.25) is 0 Å². The van der Waals surface area contributed by atoms with Crippen LogP contribution in [-0.2, 0) is 4.74 Å². The molecule has 2 aliphatic heterocycles. The Labute approximate surface area is 181 Å². The minimum Gasteiger partial charge on any atom is -0.491 e. The fourth-order valence-corrected chi connectivity index (χ4v) is 5.09. The Morgan fingerprint density at radius 1 is 1.16 bits per heavy atom. The minimum atomic E-state index is -0.266. The number of aromatic amines is 1. The van der Waals surface area contributed by atoms with Gasteiger partial charge in [-0.3, -0.25) is 4.90 Å². The molecule has 0 bridgehead atoms. The third-order valence-corrected chi connectivity index (χ3v) is 6.86.